The summed E-state index contributed by atoms with van der Waals surface area (Å²) in [4.78, 5) is 23.6. The topological polar surface area (TPSA) is 75.6 Å². The van der Waals surface area contributed by atoms with Gasteiger partial charge in [0.1, 0.15) is 12.6 Å². The summed E-state index contributed by atoms with van der Waals surface area (Å²) in [7, 11) is 0. The fraction of sp³-hybridized carbons (Fsp3) is 0.364. The van der Waals surface area contributed by atoms with E-state index in [1.165, 1.54) is 0 Å². The third kappa shape index (κ3) is 3.82. The van der Waals surface area contributed by atoms with Crippen LogP contribution in [0.2, 0.25) is 0 Å². The van der Waals surface area contributed by atoms with Crippen molar-refractivity contribution in [1.29, 1.82) is 0 Å². The number of amides is 1. The Hall–Kier alpha value is -2.82. The predicted molar refractivity (Wildman–Crippen MR) is 102 cm³/mol. The number of alkyl carbamates (subject to hydrolysis) is 1. The number of aliphatic carboxylic acids is 1. The minimum absolute atomic E-state index is 0.0297. The van der Waals surface area contributed by atoms with Crippen LogP contribution in [0.5, 0.6) is 0 Å². The molecular weight excluding hydrogens is 342 g/mol. The highest BCUT2D eigenvalue weighted by atomic mass is 16.5. The molecule has 27 heavy (non-hydrogen) atoms. The highest BCUT2D eigenvalue weighted by Crippen LogP contribution is 2.44. The third-order valence-corrected chi connectivity index (χ3v) is 5.49. The molecule has 1 saturated carbocycles. The van der Waals surface area contributed by atoms with Crippen molar-refractivity contribution < 1.29 is 19.4 Å². The lowest BCUT2D eigenvalue weighted by molar-refractivity contribution is -0.139. The molecule has 2 N–H and O–H groups in total. The number of hydrogen-bond donors (Lipinski definition) is 2. The summed E-state index contributed by atoms with van der Waals surface area (Å²) in [6, 6.07) is 15.3. The average molecular weight is 365 g/mol. The Morgan fingerprint density at radius 2 is 1.63 bits per heavy atom. The molecule has 1 fully saturated rings. The van der Waals surface area contributed by atoms with Gasteiger partial charge in [-0.2, -0.15) is 0 Å². The highest BCUT2D eigenvalue weighted by Gasteiger charge is 2.30. The van der Waals surface area contributed by atoms with E-state index >= 15 is 0 Å². The van der Waals surface area contributed by atoms with Crippen molar-refractivity contribution in [3.05, 3.63) is 59.7 Å². The highest BCUT2D eigenvalue weighted by molar-refractivity contribution is 5.81. The van der Waals surface area contributed by atoms with Crippen molar-refractivity contribution in [2.75, 3.05) is 6.61 Å². The number of fused-ring (bicyclic) bond motifs is 3. The normalized spacial score (nSPS) is 16.3. The molecule has 2 aliphatic rings. The molecule has 140 valence electrons. The third-order valence-electron chi connectivity index (χ3n) is 5.49. The van der Waals surface area contributed by atoms with Gasteiger partial charge in [0.15, 0.2) is 0 Å². The number of hydrogen-bond acceptors (Lipinski definition) is 3. The van der Waals surface area contributed by atoms with E-state index in [1.54, 1.807) is 0 Å². The lowest BCUT2D eigenvalue weighted by Gasteiger charge is -2.17. The molecule has 5 heteroatoms. The van der Waals surface area contributed by atoms with Gasteiger partial charge in [-0.3, -0.25) is 0 Å². The molecule has 0 heterocycles. The van der Waals surface area contributed by atoms with E-state index in [4.69, 9.17) is 4.74 Å². The van der Waals surface area contributed by atoms with E-state index in [9.17, 15) is 14.7 Å². The number of nitrogens with one attached hydrogen (secondary N) is 1. The van der Waals surface area contributed by atoms with Crippen molar-refractivity contribution in [2.24, 2.45) is 5.92 Å². The predicted octanol–water partition coefficient (Wildman–Crippen LogP) is 4.17. The molecule has 5 nitrogen and oxygen atoms in total. The zero-order valence-corrected chi connectivity index (χ0v) is 15.1. The van der Waals surface area contributed by atoms with Crippen LogP contribution < -0.4 is 5.32 Å². The summed E-state index contributed by atoms with van der Waals surface area (Å²) in [5.41, 5.74) is 4.59. The molecule has 0 radical (unpaired) electrons. The Morgan fingerprint density at radius 3 is 2.19 bits per heavy atom. The van der Waals surface area contributed by atoms with E-state index in [-0.39, 0.29) is 12.5 Å². The van der Waals surface area contributed by atoms with Crippen LogP contribution in [0.15, 0.2) is 48.5 Å². The second kappa shape index (κ2) is 7.43. The summed E-state index contributed by atoms with van der Waals surface area (Å²) in [5, 5.41) is 11.8. The number of carboxylic acids is 1. The molecule has 1 amide bonds. The molecule has 0 saturated heterocycles. The van der Waals surface area contributed by atoms with Gasteiger partial charge in [-0.1, -0.05) is 61.4 Å². The lowest BCUT2D eigenvalue weighted by Crippen LogP contribution is -2.41. The van der Waals surface area contributed by atoms with Gasteiger partial charge in [0.2, 0.25) is 0 Å². The van der Waals surface area contributed by atoms with E-state index in [2.05, 4.69) is 29.6 Å². The van der Waals surface area contributed by atoms with Crippen LogP contribution in [0, 0.1) is 5.92 Å². The fourth-order valence-corrected chi connectivity index (χ4v) is 3.85. The van der Waals surface area contributed by atoms with E-state index in [1.807, 2.05) is 24.3 Å². The van der Waals surface area contributed by atoms with Crippen LogP contribution in [0.4, 0.5) is 4.79 Å². The fourth-order valence-electron chi connectivity index (χ4n) is 3.85. The van der Waals surface area contributed by atoms with Crippen molar-refractivity contribution in [2.45, 2.75) is 37.6 Å². The Morgan fingerprint density at radius 1 is 1.04 bits per heavy atom. The minimum atomic E-state index is -1.01. The SMILES string of the molecule is O=C(N[C@H](CCC1CC1)C(=O)O)OCC1c2ccccc2-c2ccccc21. The maximum absolute atomic E-state index is 12.2. The first-order valence-electron chi connectivity index (χ1n) is 9.48. The summed E-state index contributed by atoms with van der Waals surface area (Å²) in [5.74, 6) is -0.418. The van der Waals surface area contributed by atoms with Crippen LogP contribution in [0.25, 0.3) is 11.1 Å². The van der Waals surface area contributed by atoms with Gasteiger partial charge in [0.25, 0.3) is 0 Å². The lowest BCUT2D eigenvalue weighted by atomic mass is 9.98. The molecule has 0 aliphatic heterocycles. The Kier molecular flexibility index (Phi) is 4.84. The van der Waals surface area contributed by atoms with E-state index in [0.717, 1.165) is 41.5 Å². The molecule has 0 spiro atoms. The van der Waals surface area contributed by atoms with Gasteiger partial charge in [-0.15, -0.1) is 0 Å². The molecule has 0 aromatic heterocycles. The summed E-state index contributed by atoms with van der Waals surface area (Å²) < 4.78 is 5.43. The smallest absolute Gasteiger partial charge is 0.407 e. The zero-order chi connectivity index (χ0) is 18.8. The van der Waals surface area contributed by atoms with Gasteiger partial charge in [-0.25, -0.2) is 9.59 Å². The van der Waals surface area contributed by atoms with Crippen LogP contribution >= 0.6 is 0 Å². The maximum atomic E-state index is 12.2. The van der Waals surface area contributed by atoms with Crippen LogP contribution in [-0.2, 0) is 9.53 Å². The first-order valence-corrected chi connectivity index (χ1v) is 9.48. The van der Waals surface area contributed by atoms with E-state index < -0.39 is 18.1 Å². The molecule has 2 aromatic rings. The number of rotatable bonds is 7. The number of carbonyl (C=O) groups is 2. The Bertz CT molecular complexity index is 813. The molecular formula is C22H23NO4. The van der Waals surface area contributed by atoms with Crippen LogP contribution in [0.3, 0.4) is 0 Å². The molecule has 2 aromatic carbocycles. The molecule has 1 atom stereocenters. The number of ether oxygens (including phenoxy) is 1. The largest absolute Gasteiger partial charge is 0.480 e. The van der Waals surface area contributed by atoms with Crippen molar-refractivity contribution in [3.63, 3.8) is 0 Å². The first kappa shape index (κ1) is 17.6. The van der Waals surface area contributed by atoms with Crippen LogP contribution in [-0.4, -0.2) is 29.8 Å². The van der Waals surface area contributed by atoms with Gasteiger partial charge >= 0.3 is 12.1 Å². The quantitative estimate of drug-likeness (QED) is 0.772. The second-order valence-electron chi connectivity index (χ2n) is 7.38. The van der Waals surface area contributed by atoms with Gasteiger partial charge in [-0.05, 0) is 41.0 Å². The molecule has 0 unspecified atom stereocenters. The summed E-state index contributed by atoms with van der Waals surface area (Å²) >= 11 is 0. The van der Waals surface area contributed by atoms with Crippen LogP contribution in [0.1, 0.15) is 42.7 Å². The first-order chi connectivity index (χ1) is 13.1. The minimum Gasteiger partial charge on any atom is -0.480 e. The maximum Gasteiger partial charge on any atom is 0.407 e. The standard InChI is InChI=1S/C22H23NO4/c24-21(25)20(12-11-14-9-10-14)23-22(26)27-13-19-17-7-3-1-5-15(17)16-6-2-4-8-18(16)19/h1-8,14,19-20H,9-13H2,(H,23,26)(H,24,25)/t20-/m1/s1. The molecule has 2 aliphatic carbocycles. The Balaban J connectivity index is 1.40. The second-order valence-corrected chi connectivity index (χ2v) is 7.38. The Labute approximate surface area is 158 Å². The summed E-state index contributed by atoms with van der Waals surface area (Å²) in [6.07, 6.45) is 2.94. The van der Waals surface area contributed by atoms with Crippen molar-refractivity contribution in [1.82, 2.24) is 5.32 Å². The molecule has 4 rings (SSSR count). The van der Waals surface area contributed by atoms with E-state index in [0.29, 0.717) is 12.3 Å². The monoisotopic (exact) mass is 365 g/mol. The van der Waals surface area contributed by atoms with Crippen molar-refractivity contribution in [3.8, 4) is 11.1 Å². The number of carboxylic acid groups (broad SMARTS) is 1. The number of benzene rings is 2. The average Bonchev–Trinajstić information content (AvgIpc) is 3.45. The van der Waals surface area contributed by atoms with Crippen molar-refractivity contribution >= 4 is 12.1 Å². The molecule has 0 bridgehead atoms. The number of carbonyl (C=O) groups excluding carboxylic acids is 1. The summed E-state index contributed by atoms with van der Waals surface area (Å²) in [6.45, 7) is 0.189. The van der Waals surface area contributed by atoms with Gasteiger partial charge in [0, 0.05) is 5.92 Å². The van der Waals surface area contributed by atoms with Gasteiger partial charge < -0.3 is 15.2 Å². The zero-order valence-electron chi connectivity index (χ0n) is 15.1. The van der Waals surface area contributed by atoms with Gasteiger partial charge in [0.05, 0.1) is 0 Å².